The van der Waals surface area contributed by atoms with Crippen molar-refractivity contribution >= 4 is 11.6 Å². The van der Waals surface area contributed by atoms with Gasteiger partial charge in [-0.05, 0) is 18.9 Å². The number of hydrogen-bond acceptors (Lipinski definition) is 3. The predicted molar refractivity (Wildman–Crippen MR) is 94.8 cm³/mol. The van der Waals surface area contributed by atoms with Crippen molar-refractivity contribution in [1.82, 2.24) is 5.01 Å². The molecule has 0 spiro atoms. The second-order valence-electron chi connectivity index (χ2n) is 6.60. The van der Waals surface area contributed by atoms with E-state index in [-0.39, 0.29) is 12.0 Å². The van der Waals surface area contributed by atoms with Gasteiger partial charge >= 0.3 is 6.18 Å². The van der Waals surface area contributed by atoms with Gasteiger partial charge < -0.3 is 5.11 Å². The molecule has 1 unspecified atom stereocenters. The number of hydrazone groups is 1. The fourth-order valence-corrected chi connectivity index (χ4v) is 3.01. The van der Waals surface area contributed by atoms with Crippen LogP contribution in [0.25, 0.3) is 0 Å². The first-order valence-corrected chi connectivity index (χ1v) is 8.51. The van der Waals surface area contributed by atoms with E-state index in [1.807, 2.05) is 37.3 Å². The number of rotatable bonds is 4. The summed E-state index contributed by atoms with van der Waals surface area (Å²) in [7, 11) is 0. The van der Waals surface area contributed by atoms with Crippen molar-refractivity contribution in [3.8, 4) is 0 Å². The number of nitrogens with zero attached hydrogens (tertiary/aromatic N) is 2. The van der Waals surface area contributed by atoms with Crippen molar-refractivity contribution in [1.29, 1.82) is 0 Å². The molecule has 4 nitrogen and oxygen atoms in total. The summed E-state index contributed by atoms with van der Waals surface area (Å²) in [6.07, 6.45) is -5.23. The lowest BCUT2D eigenvalue weighted by molar-refractivity contribution is -0.157. The summed E-state index contributed by atoms with van der Waals surface area (Å²) in [5, 5.41) is 15.0. The van der Waals surface area contributed by atoms with Crippen molar-refractivity contribution in [2.45, 2.75) is 38.1 Å². The van der Waals surface area contributed by atoms with Crippen LogP contribution in [0.4, 0.5) is 13.2 Å². The molecule has 2 aromatic rings. The van der Waals surface area contributed by atoms with E-state index in [0.29, 0.717) is 11.4 Å². The first-order chi connectivity index (χ1) is 12.7. The maximum atomic E-state index is 13.2. The van der Waals surface area contributed by atoms with Crippen LogP contribution in [0.15, 0.2) is 59.7 Å². The molecule has 27 heavy (non-hydrogen) atoms. The van der Waals surface area contributed by atoms with E-state index in [4.69, 9.17) is 0 Å². The van der Waals surface area contributed by atoms with E-state index in [2.05, 4.69) is 5.10 Å². The second kappa shape index (κ2) is 7.15. The molecule has 1 atom stereocenters. The lowest BCUT2D eigenvalue weighted by Gasteiger charge is -2.31. The molecule has 0 radical (unpaired) electrons. The number of hydrogen-bond donors (Lipinski definition) is 1. The van der Waals surface area contributed by atoms with Gasteiger partial charge in [0.2, 0.25) is 5.91 Å². The molecule has 1 heterocycles. The Kier molecular flexibility index (Phi) is 5.06. The van der Waals surface area contributed by atoms with Crippen molar-refractivity contribution in [3.63, 3.8) is 0 Å². The maximum Gasteiger partial charge on any atom is 0.431 e. The monoisotopic (exact) mass is 376 g/mol. The molecular formula is C20H19F3N2O2. The van der Waals surface area contributed by atoms with E-state index in [1.54, 1.807) is 12.1 Å². The lowest BCUT2D eigenvalue weighted by Crippen LogP contribution is -2.43. The van der Waals surface area contributed by atoms with Gasteiger partial charge in [-0.1, -0.05) is 60.2 Å². The molecule has 0 saturated carbocycles. The summed E-state index contributed by atoms with van der Waals surface area (Å²) >= 11 is 0. The van der Waals surface area contributed by atoms with Gasteiger partial charge in [-0.25, -0.2) is 0 Å². The summed E-state index contributed by atoms with van der Waals surface area (Å²) in [5.41, 5.74) is -1.35. The molecule has 0 aliphatic carbocycles. The van der Waals surface area contributed by atoms with Gasteiger partial charge in [-0.15, -0.1) is 0 Å². The van der Waals surface area contributed by atoms with Gasteiger partial charge in [-0.2, -0.15) is 23.3 Å². The van der Waals surface area contributed by atoms with Crippen LogP contribution in [0.2, 0.25) is 0 Å². The molecule has 1 amide bonds. The highest BCUT2D eigenvalue weighted by molar-refractivity contribution is 5.94. The quantitative estimate of drug-likeness (QED) is 0.879. The molecular weight excluding hydrogens is 357 g/mol. The molecule has 0 bridgehead atoms. The topological polar surface area (TPSA) is 52.9 Å². The normalized spacial score (nSPS) is 19.9. The third-order valence-corrected chi connectivity index (χ3v) is 4.53. The van der Waals surface area contributed by atoms with Crippen LogP contribution in [0, 0.1) is 6.92 Å². The Morgan fingerprint density at radius 3 is 2.37 bits per heavy atom. The maximum absolute atomic E-state index is 13.2. The number of carbonyl (C=O) groups is 1. The van der Waals surface area contributed by atoms with Crippen LogP contribution in [-0.4, -0.2) is 27.9 Å². The van der Waals surface area contributed by atoms with Gasteiger partial charge in [0, 0.05) is 12.0 Å². The second-order valence-corrected chi connectivity index (χ2v) is 6.60. The zero-order chi connectivity index (χ0) is 19.7. The van der Waals surface area contributed by atoms with Gasteiger partial charge in [0.05, 0.1) is 6.42 Å². The number of alkyl halides is 3. The minimum atomic E-state index is -4.72. The van der Waals surface area contributed by atoms with Crippen LogP contribution in [0.5, 0.6) is 0 Å². The van der Waals surface area contributed by atoms with E-state index >= 15 is 0 Å². The molecule has 142 valence electrons. The highest BCUT2D eigenvalue weighted by Gasteiger charge is 2.52. The molecule has 0 fully saturated rings. The van der Waals surface area contributed by atoms with Crippen LogP contribution in [0.1, 0.15) is 29.5 Å². The van der Waals surface area contributed by atoms with Gasteiger partial charge in [-0.3, -0.25) is 4.79 Å². The Morgan fingerprint density at radius 1 is 1.15 bits per heavy atom. The minimum Gasteiger partial charge on any atom is -0.365 e. The predicted octanol–water partition coefficient (Wildman–Crippen LogP) is 3.92. The van der Waals surface area contributed by atoms with Gasteiger partial charge in [0.1, 0.15) is 5.71 Å². The van der Waals surface area contributed by atoms with Crippen molar-refractivity contribution in [3.05, 3.63) is 71.3 Å². The van der Waals surface area contributed by atoms with Crippen molar-refractivity contribution in [2.75, 3.05) is 0 Å². The number of amides is 1. The Morgan fingerprint density at radius 2 is 1.78 bits per heavy atom. The standard InChI is InChI=1S/C20H19F3N2O2/c1-14-7-10-16(11-8-14)19(27)13-17(20(21,22)23)24-25(19)18(26)12-9-15-5-3-2-4-6-15/h2-8,10-11,27H,9,12-13H2,1H3. The molecule has 7 heteroatoms. The molecule has 1 aliphatic heterocycles. The fourth-order valence-electron chi connectivity index (χ4n) is 3.01. The Bertz CT molecular complexity index is 848. The highest BCUT2D eigenvalue weighted by atomic mass is 19.4. The average Bonchev–Trinajstić information content (AvgIpc) is 3.00. The zero-order valence-corrected chi connectivity index (χ0v) is 14.7. The van der Waals surface area contributed by atoms with E-state index in [9.17, 15) is 23.1 Å². The van der Waals surface area contributed by atoms with Gasteiger partial charge in [0.15, 0.2) is 5.72 Å². The number of halogens is 3. The Hall–Kier alpha value is -2.67. The summed E-state index contributed by atoms with van der Waals surface area (Å²) < 4.78 is 39.6. The third kappa shape index (κ3) is 4.03. The van der Waals surface area contributed by atoms with Crippen LogP contribution in [0.3, 0.4) is 0 Å². The third-order valence-electron chi connectivity index (χ3n) is 4.53. The molecule has 0 aromatic heterocycles. The highest BCUT2D eigenvalue weighted by Crippen LogP contribution is 2.40. The van der Waals surface area contributed by atoms with E-state index < -0.39 is 29.9 Å². The van der Waals surface area contributed by atoms with Crippen LogP contribution in [-0.2, 0) is 16.9 Å². The summed E-state index contributed by atoms with van der Waals surface area (Å²) in [6.45, 7) is 1.82. The Labute approximate surface area is 154 Å². The largest absolute Gasteiger partial charge is 0.431 e. The van der Waals surface area contributed by atoms with E-state index in [1.165, 1.54) is 12.1 Å². The number of aliphatic hydroxyl groups is 1. The molecule has 2 aromatic carbocycles. The zero-order valence-electron chi connectivity index (χ0n) is 14.7. The summed E-state index contributed by atoms with van der Waals surface area (Å²) in [5.74, 6) is -0.666. The smallest absolute Gasteiger partial charge is 0.365 e. The number of benzene rings is 2. The first-order valence-electron chi connectivity index (χ1n) is 8.51. The van der Waals surface area contributed by atoms with Crippen molar-refractivity contribution in [2.24, 2.45) is 5.10 Å². The Balaban J connectivity index is 1.88. The number of carbonyl (C=O) groups excluding carboxylic acids is 1. The molecule has 1 aliphatic rings. The first kappa shape index (κ1) is 19.1. The van der Waals surface area contributed by atoms with Gasteiger partial charge in [0.25, 0.3) is 0 Å². The lowest BCUT2D eigenvalue weighted by atomic mass is 9.96. The SMILES string of the molecule is Cc1ccc(C2(O)CC(C(F)(F)F)=NN2C(=O)CCc2ccccc2)cc1. The van der Waals surface area contributed by atoms with Crippen molar-refractivity contribution < 1.29 is 23.1 Å². The average molecular weight is 376 g/mol. The molecule has 0 saturated heterocycles. The van der Waals surface area contributed by atoms with Crippen LogP contribution >= 0.6 is 0 Å². The summed E-state index contributed by atoms with van der Waals surface area (Å²) in [6, 6.07) is 15.5. The van der Waals surface area contributed by atoms with Crippen LogP contribution < -0.4 is 0 Å². The summed E-state index contributed by atoms with van der Waals surface area (Å²) in [4.78, 5) is 12.6. The fraction of sp³-hybridized carbons (Fsp3) is 0.300. The van der Waals surface area contributed by atoms with E-state index in [0.717, 1.165) is 11.1 Å². The molecule has 3 rings (SSSR count). The number of aryl methyl sites for hydroxylation is 2. The minimum absolute atomic E-state index is 0.0627. The molecule has 1 N–H and O–H groups in total.